The number of hydrogen-bond acceptors (Lipinski definition) is 2. The Labute approximate surface area is 73.5 Å². The lowest BCUT2D eigenvalue weighted by atomic mass is 10.1. The number of rotatable bonds is 1. The van der Waals surface area contributed by atoms with Gasteiger partial charge in [-0.05, 0) is 19.4 Å². The molecule has 2 heteroatoms. The van der Waals surface area contributed by atoms with Gasteiger partial charge in [0, 0.05) is 23.6 Å². The van der Waals surface area contributed by atoms with Crippen LogP contribution in [0.1, 0.15) is 26.2 Å². The first-order valence-electron chi connectivity index (χ1n) is 4.76. The molecule has 0 aromatic heterocycles. The molecule has 2 atom stereocenters. The molecule has 11 heavy (non-hydrogen) atoms. The lowest BCUT2D eigenvalue weighted by Crippen LogP contribution is -2.44. The van der Waals surface area contributed by atoms with Gasteiger partial charge >= 0.3 is 0 Å². The minimum atomic E-state index is 0.974. The van der Waals surface area contributed by atoms with Crippen molar-refractivity contribution in [1.82, 2.24) is 4.90 Å². The zero-order valence-electron chi connectivity index (χ0n) is 7.25. The lowest BCUT2D eigenvalue weighted by Gasteiger charge is -2.40. The van der Waals surface area contributed by atoms with E-state index in [1.807, 2.05) is 0 Å². The van der Waals surface area contributed by atoms with Crippen LogP contribution in [-0.2, 0) is 0 Å². The number of fused-ring (bicyclic) bond motifs is 2. The van der Waals surface area contributed by atoms with Crippen molar-refractivity contribution in [2.75, 3.05) is 19.6 Å². The topological polar surface area (TPSA) is 3.24 Å². The second-order valence-electron chi connectivity index (χ2n) is 3.66. The number of hydrogen-bond donors (Lipinski definition) is 0. The summed E-state index contributed by atoms with van der Waals surface area (Å²) in [5, 5.41) is 1.95. The van der Waals surface area contributed by atoms with Crippen LogP contribution in [0, 0.1) is 0 Å². The van der Waals surface area contributed by atoms with Crippen molar-refractivity contribution in [3.63, 3.8) is 0 Å². The van der Waals surface area contributed by atoms with Gasteiger partial charge in [0.1, 0.15) is 0 Å². The van der Waals surface area contributed by atoms with E-state index < -0.39 is 0 Å². The Bertz CT molecular complexity index is 126. The van der Waals surface area contributed by atoms with Crippen LogP contribution in [0.5, 0.6) is 0 Å². The molecule has 2 rings (SSSR count). The highest BCUT2D eigenvalue weighted by Crippen LogP contribution is 2.36. The quantitative estimate of drug-likeness (QED) is 0.593. The third-order valence-corrected chi connectivity index (χ3v) is 4.35. The summed E-state index contributed by atoms with van der Waals surface area (Å²) in [6.07, 6.45) is 4.43. The molecule has 0 amide bonds. The van der Waals surface area contributed by atoms with Gasteiger partial charge in [0.25, 0.3) is 0 Å². The van der Waals surface area contributed by atoms with Crippen LogP contribution in [0.25, 0.3) is 0 Å². The fourth-order valence-corrected chi connectivity index (χ4v) is 3.90. The van der Waals surface area contributed by atoms with E-state index in [1.54, 1.807) is 0 Å². The summed E-state index contributed by atoms with van der Waals surface area (Å²) in [6, 6.07) is 0. The largest absolute Gasteiger partial charge is 0.301 e. The van der Waals surface area contributed by atoms with E-state index in [9.17, 15) is 0 Å². The fourth-order valence-electron chi connectivity index (χ4n) is 2.16. The van der Waals surface area contributed by atoms with E-state index in [0.717, 1.165) is 10.5 Å². The molecule has 2 unspecified atom stereocenters. The molecular formula is C9H17NS. The van der Waals surface area contributed by atoms with Crippen molar-refractivity contribution < 1.29 is 0 Å². The number of likely N-dealkylation sites (tertiary alicyclic amines) is 1. The zero-order chi connectivity index (χ0) is 7.68. The minimum absolute atomic E-state index is 0.974. The molecule has 64 valence electrons. The van der Waals surface area contributed by atoms with Crippen LogP contribution >= 0.6 is 11.8 Å². The third kappa shape index (κ3) is 1.73. The Balaban J connectivity index is 1.94. The number of thioether (sulfide) groups is 1. The molecule has 0 aliphatic carbocycles. The summed E-state index contributed by atoms with van der Waals surface area (Å²) >= 11 is 2.25. The average Bonchev–Trinajstić information content (AvgIpc) is 2.03. The molecule has 0 aromatic carbocycles. The summed E-state index contributed by atoms with van der Waals surface area (Å²) in [5.41, 5.74) is 0. The standard InChI is InChI=1S/C9H17NS/c1-2-10-6-8-4-3-5-9(7-10)11-8/h8-9H,2-7H2,1H3. The maximum atomic E-state index is 2.62. The molecule has 0 saturated carbocycles. The van der Waals surface area contributed by atoms with Crippen molar-refractivity contribution in [3.8, 4) is 0 Å². The Morgan fingerprint density at radius 2 is 1.91 bits per heavy atom. The smallest absolute Gasteiger partial charge is 0.0178 e. The van der Waals surface area contributed by atoms with Crippen molar-refractivity contribution in [2.45, 2.75) is 36.7 Å². The Morgan fingerprint density at radius 1 is 1.27 bits per heavy atom. The molecule has 0 spiro atoms. The highest BCUT2D eigenvalue weighted by atomic mass is 32.2. The Morgan fingerprint density at radius 3 is 2.45 bits per heavy atom. The lowest BCUT2D eigenvalue weighted by molar-refractivity contribution is 0.254. The molecule has 2 bridgehead atoms. The average molecular weight is 171 g/mol. The van der Waals surface area contributed by atoms with Gasteiger partial charge in [-0.2, -0.15) is 11.8 Å². The van der Waals surface area contributed by atoms with E-state index in [1.165, 1.54) is 38.9 Å². The molecule has 2 aliphatic rings. The van der Waals surface area contributed by atoms with Gasteiger partial charge in [-0.25, -0.2) is 0 Å². The molecular weight excluding hydrogens is 154 g/mol. The predicted molar refractivity (Wildman–Crippen MR) is 51.1 cm³/mol. The zero-order valence-corrected chi connectivity index (χ0v) is 8.07. The van der Waals surface area contributed by atoms with Gasteiger partial charge < -0.3 is 4.90 Å². The minimum Gasteiger partial charge on any atom is -0.301 e. The highest BCUT2D eigenvalue weighted by molar-refractivity contribution is 8.00. The van der Waals surface area contributed by atoms with Crippen LogP contribution in [-0.4, -0.2) is 35.0 Å². The normalized spacial score (nSPS) is 39.0. The molecule has 2 saturated heterocycles. The van der Waals surface area contributed by atoms with E-state index in [4.69, 9.17) is 0 Å². The molecule has 0 aromatic rings. The van der Waals surface area contributed by atoms with Gasteiger partial charge in [-0.1, -0.05) is 13.3 Å². The van der Waals surface area contributed by atoms with Crippen LogP contribution < -0.4 is 0 Å². The van der Waals surface area contributed by atoms with E-state index in [-0.39, 0.29) is 0 Å². The highest BCUT2D eigenvalue weighted by Gasteiger charge is 2.29. The first-order chi connectivity index (χ1) is 5.38. The molecule has 2 fully saturated rings. The summed E-state index contributed by atoms with van der Waals surface area (Å²) in [7, 11) is 0. The fraction of sp³-hybridized carbons (Fsp3) is 1.00. The van der Waals surface area contributed by atoms with E-state index in [2.05, 4.69) is 23.6 Å². The molecule has 0 radical (unpaired) electrons. The Kier molecular flexibility index (Phi) is 2.42. The molecule has 2 heterocycles. The van der Waals surface area contributed by atoms with E-state index in [0.29, 0.717) is 0 Å². The van der Waals surface area contributed by atoms with Gasteiger partial charge in [0.05, 0.1) is 0 Å². The van der Waals surface area contributed by atoms with Crippen LogP contribution in [0.15, 0.2) is 0 Å². The maximum absolute atomic E-state index is 2.62. The summed E-state index contributed by atoms with van der Waals surface area (Å²) < 4.78 is 0. The maximum Gasteiger partial charge on any atom is 0.0178 e. The molecule has 2 aliphatic heterocycles. The Hall–Kier alpha value is 0.310. The number of nitrogens with zero attached hydrogens (tertiary/aromatic N) is 1. The summed E-state index contributed by atoms with van der Waals surface area (Å²) in [5.74, 6) is 0. The van der Waals surface area contributed by atoms with Crippen molar-refractivity contribution in [3.05, 3.63) is 0 Å². The van der Waals surface area contributed by atoms with Gasteiger partial charge in [-0.15, -0.1) is 0 Å². The van der Waals surface area contributed by atoms with Gasteiger partial charge in [-0.3, -0.25) is 0 Å². The van der Waals surface area contributed by atoms with Crippen LogP contribution in [0.4, 0.5) is 0 Å². The SMILES string of the molecule is CCN1CC2CCCC(C1)S2. The van der Waals surface area contributed by atoms with Crippen LogP contribution in [0.2, 0.25) is 0 Å². The summed E-state index contributed by atoms with van der Waals surface area (Å²) in [6.45, 7) is 6.26. The van der Waals surface area contributed by atoms with Crippen LogP contribution in [0.3, 0.4) is 0 Å². The second kappa shape index (κ2) is 3.36. The first-order valence-corrected chi connectivity index (χ1v) is 5.70. The predicted octanol–water partition coefficient (Wildman–Crippen LogP) is 1.98. The van der Waals surface area contributed by atoms with Crippen molar-refractivity contribution >= 4 is 11.8 Å². The molecule has 1 nitrogen and oxygen atoms in total. The third-order valence-electron chi connectivity index (χ3n) is 2.81. The van der Waals surface area contributed by atoms with Crippen molar-refractivity contribution in [2.24, 2.45) is 0 Å². The monoisotopic (exact) mass is 171 g/mol. The van der Waals surface area contributed by atoms with E-state index >= 15 is 0 Å². The molecule has 0 N–H and O–H groups in total. The van der Waals surface area contributed by atoms with Gasteiger partial charge in [0.15, 0.2) is 0 Å². The van der Waals surface area contributed by atoms with Gasteiger partial charge in [0.2, 0.25) is 0 Å². The summed E-state index contributed by atoms with van der Waals surface area (Å²) in [4.78, 5) is 2.62. The van der Waals surface area contributed by atoms with Crippen molar-refractivity contribution in [1.29, 1.82) is 0 Å². The second-order valence-corrected chi connectivity index (χ2v) is 5.27. The first kappa shape index (κ1) is 7.93.